The third kappa shape index (κ3) is 4.44. The Kier molecular flexibility index (Phi) is 5.87. The van der Waals surface area contributed by atoms with Crippen molar-refractivity contribution < 1.29 is 0 Å². The molecule has 0 atom stereocenters. The second-order valence-electron chi connectivity index (χ2n) is 7.64. The standard InChI is InChI=1S/C22H26N4O2/c1-15(2)19-9-21(27)25(13-23-19)11-17-7-5-6-8-18(17)12-26-14-24-20(16(3)4)10-22(26)28/h5-10,13-16H,11-12H2,1-4H3. The highest BCUT2D eigenvalue weighted by Gasteiger charge is 2.09. The number of aromatic nitrogens is 4. The molecule has 0 aliphatic rings. The van der Waals surface area contributed by atoms with Crippen molar-refractivity contribution >= 4 is 0 Å². The summed E-state index contributed by atoms with van der Waals surface area (Å²) in [5.41, 5.74) is 3.38. The summed E-state index contributed by atoms with van der Waals surface area (Å²) < 4.78 is 3.18. The highest BCUT2D eigenvalue weighted by Crippen LogP contribution is 2.13. The number of hydrogen-bond donors (Lipinski definition) is 0. The van der Waals surface area contributed by atoms with E-state index in [2.05, 4.69) is 9.97 Å². The fourth-order valence-corrected chi connectivity index (χ4v) is 2.98. The van der Waals surface area contributed by atoms with Crippen LogP contribution in [0.3, 0.4) is 0 Å². The van der Waals surface area contributed by atoms with Gasteiger partial charge in [0, 0.05) is 12.1 Å². The summed E-state index contributed by atoms with van der Waals surface area (Å²) in [5.74, 6) is 0.422. The van der Waals surface area contributed by atoms with Crippen LogP contribution in [0.25, 0.3) is 0 Å². The van der Waals surface area contributed by atoms with Crippen LogP contribution in [0.4, 0.5) is 0 Å². The molecule has 3 aromatic rings. The van der Waals surface area contributed by atoms with Crippen molar-refractivity contribution in [3.8, 4) is 0 Å². The first kappa shape index (κ1) is 19.7. The summed E-state index contributed by atoms with van der Waals surface area (Å²) in [4.78, 5) is 33.6. The lowest BCUT2D eigenvalue weighted by Crippen LogP contribution is -2.24. The molecule has 0 aliphatic carbocycles. The molecule has 0 bridgehead atoms. The third-order valence-corrected chi connectivity index (χ3v) is 4.78. The monoisotopic (exact) mass is 378 g/mol. The van der Waals surface area contributed by atoms with Gasteiger partial charge in [0.1, 0.15) is 0 Å². The molecule has 0 radical (unpaired) electrons. The maximum absolute atomic E-state index is 12.4. The van der Waals surface area contributed by atoms with Crippen LogP contribution in [0.5, 0.6) is 0 Å². The zero-order chi connectivity index (χ0) is 20.3. The minimum Gasteiger partial charge on any atom is -0.295 e. The van der Waals surface area contributed by atoms with Crippen LogP contribution < -0.4 is 11.1 Å². The van der Waals surface area contributed by atoms with Crippen LogP contribution in [0.1, 0.15) is 62.0 Å². The summed E-state index contributed by atoms with van der Waals surface area (Å²) in [6.45, 7) is 8.87. The molecule has 146 valence electrons. The lowest BCUT2D eigenvalue weighted by Gasteiger charge is -2.14. The Morgan fingerprint density at radius 1 is 0.750 bits per heavy atom. The largest absolute Gasteiger partial charge is 0.295 e. The number of nitrogens with zero attached hydrogens (tertiary/aromatic N) is 4. The molecule has 1 aromatic carbocycles. The van der Waals surface area contributed by atoms with Gasteiger partial charge in [0.25, 0.3) is 11.1 Å². The average molecular weight is 378 g/mol. The van der Waals surface area contributed by atoms with E-state index in [-0.39, 0.29) is 23.0 Å². The summed E-state index contributed by atoms with van der Waals surface area (Å²) in [7, 11) is 0. The average Bonchev–Trinajstić information content (AvgIpc) is 2.66. The zero-order valence-corrected chi connectivity index (χ0v) is 16.8. The van der Waals surface area contributed by atoms with Crippen LogP contribution >= 0.6 is 0 Å². The first-order valence-electron chi connectivity index (χ1n) is 9.54. The van der Waals surface area contributed by atoms with Crippen molar-refractivity contribution in [2.75, 3.05) is 0 Å². The molecule has 6 nitrogen and oxygen atoms in total. The van der Waals surface area contributed by atoms with Gasteiger partial charge in [-0.3, -0.25) is 18.7 Å². The molecule has 0 saturated heterocycles. The number of benzene rings is 1. The van der Waals surface area contributed by atoms with Crippen molar-refractivity contribution in [3.05, 3.63) is 92.3 Å². The maximum Gasteiger partial charge on any atom is 0.253 e. The number of rotatable bonds is 6. The molecule has 0 aliphatic heterocycles. The van der Waals surface area contributed by atoms with Crippen LogP contribution in [0, 0.1) is 0 Å². The molecular weight excluding hydrogens is 352 g/mol. The summed E-state index contributed by atoms with van der Waals surface area (Å²) in [5, 5.41) is 0. The van der Waals surface area contributed by atoms with Crippen LogP contribution in [0.15, 0.2) is 58.6 Å². The van der Waals surface area contributed by atoms with Crippen molar-refractivity contribution in [2.24, 2.45) is 0 Å². The van der Waals surface area contributed by atoms with Crippen molar-refractivity contribution in [1.82, 2.24) is 19.1 Å². The van der Waals surface area contributed by atoms with E-state index in [1.807, 2.05) is 52.0 Å². The number of hydrogen-bond acceptors (Lipinski definition) is 4. The summed E-state index contributed by atoms with van der Waals surface area (Å²) in [6, 6.07) is 11.0. The lowest BCUT2D eigenvalue weighted by molar-refractivity contribution is 0.677. The van der Waals surface area contributed by atoms with E-state index >= 15 is 0 Å². The normalized spacial score (nSPS) is 11.4. The molecule has 6 heteroatoms. The smallest absolute Gasteiger partial charge is 0.253 e. The van der Waals surface area contributed by atoms with Gasteiger partial charge in [0.2, 0.25) is 0 Å². The summed E-state index contributed by atoms with van der Waals surface area (Å²) in [6.07, 6.45) is 3.19. The summed E-state index contributed by atoms with van der Waals surface area (Å²) >= 11 is 0. The van der Waals surface area contributed by atoms with E-state index in [0.717, 1.165) is 22.5 Å². The Bertz CT molecular complexity index is 994. The van der Waals surface area contributed by atoms with E-state index in [0.29, 0.717) is 13.1 Å². The predicted octanol–water partition coefficient (Wildman–Crippen LogP) is 3.14. The molecule has 28 heavy (non-hydrogen) atoms. The topological polar surface area (TPSA) is 69.8 Å². The lowest BCUT2D eigenvalue weighted by atomic mass is 10.1. The zero-order valence-electron chi connectivity index (χ0n) is 16.8. The third-order valence-electron chi connectivity index (χ3n) is 4.78. The second-order valence-corrected chi connectivity index (χ2v) is 7.64. The van der Waals surface area contributed by atoms with Crippen LogP contribution in [-0.2, 0) is 13.1 Å². The van der Waals surface area contributed by atoms with Gasteiger partial charge in [0.15, 0.2) is 0 Å². The molecule has 0 spiro atoms. The van der Waals surface area contributed by atoms with E-state index in [4.69, 9.17) is 0 Å². The first-order valence-corrected chi connectivity index (χ1v) is 9.54. The van der Waals surface area contributed by atoms with Gasteiger partial charge in [0.05, 0.1) is 37.1 Å². The molecule has 3 rings (SSSR count). The van der Waals surface area contributed by atoms with Gasteiger partial charge >= 0.3 is 0 Å². The van der Waals surface area contributed by atoms with E-state index in [1.165, 1.54) is 0 Å². The Labute approximate surface area is 164 Å². The van der Waals surface area contributed by atoms with Crippen molar-refractivity contribution in [1.29, 1.82) is 0 Å². The van der Waals surface area contributed by atoms with E-state index < -0.39 is 0 Å². The van der Waals surface area contributed by atoms with E-state index in [9.17, 15) is 9.59 Å². The van der Waals surface area contributed by atoms with Crippen molar-refractivity contribution in [3.63, 3.8) is 0 Å². The SMILES string of the molecule is CC(C)c1cc(=O)n(Cc2ccccc2Cn2cnc(C(C)C)cc2=O)cn1. The minimum atomic E-state index is -0.0753. The second kappa shape index (κ2) is 8.33. The van der Waals surface area contributed by atoms with Gasteiger partial charge in [-0.25, -0.2) is 9.97 Å². The molecule has 2 aromatic heterocycles. The van der Waals surface area contributed by atoms with E-state index in [1.54, 1.807) is 33.9 Å². The van der Waals surface area contributed by atoms with Gasteiger partial charge in [-0.15, -0.1) is 0 Å². The molecule has 0 amide bonds. The fourth-order valence-electron chi connectivity index (χ4n) is 2.98. The molecule has 2 heterocycles. The Hall–Kier alpha value is -3.02. The van der Waals surface area contributed by atoms with Crippen LogP contribution in [-0.4, -0.2) is 19.1 Å². The maximum atomic E-state index is 12.4. The Morgan fingerprint density at radius 2 is 1.14 bits per heavy atom. The molecule has 0 fully saturated rings. The van der Waals surface area contributed by atoms with Crippen molar-refractivity contribution in [2.45, 2.75) is 52.6 Å². The molecule has 0 N–H and O–H groups in total. The first-order chi connectivity index (χ1) is 13.3. The highest BCUT2D eigenvalue weighted by atomic mass is 16.1. The highest BCUT2D eigenvalue weighted by molar-refractivity contribution is 5.28. The molecular formula is C22H26N4O2. The molecule has 0 saturated carbocycles. The predicted molar refractivity (Wildman–Crippen MR) is 110 cm³/mol. The van der Waals surface area contributed by atoms with Crippen LogP contribution in [0.2, 0.25) is 0 Å². The molecule has 0 unspecified atom stereocenters. The Morgan fingerprint density at radius 3 is 1.46 bits per heavy atom. The van der Waals surface area contributed by atoms with Gasteiger partial charge in [-0.2, -0.15) is 0 Å². The minimum absolute atomic E-state index is 0.0753. The quantitative estimate of drug-likeness (QED) is 0.661. The van der Waals surface area contributed by atoms with Gasteiger partial charge < -0.3 is 0 Å². The fraction of sp³-hybridized carbons (Fsp3) is 0.364. The van der Waals surface area contributed by atoms with Gasteiger partial charge in [-0.05, 0) is 23.0 Å². The Balaban J connectivity index is 1.88. The van der Waals surface area contributed by atoms with Gasteiger partial charge in [-0.1, -0.05) is 52.0 Å².